The average molecular weight is 256 g/mol. The lowest BCUT2D eigenvalue weighted by Gasteiger charge is -2.14. The number of hydrogen-bond acceptors (Lipinski definition) is 3. The van der Waals surface area contributed by atoms with Gasteiger partial charge in [0.25, 0.3) is 0 Å². The quantitative estimate of drug-likeness (QED) is 0.416. The van der Waals surface area contributed by atoms with Crippen LogP contribution in [0.25, 0.3) is 0 Å². The van der Waals surface area contributed by atoms with Gasteiger partial charge in [-0.15, -0.1) is 0 Å². The molecule has 0 spiro atoms. The Balaban J connectivity index is 3.76. The lowest BCUT2D eigenvalue weighted by Crippen LogP contribution is -2.16. The fourth-order valence-electron chi connectivity index (χ4n) is 1.78. The minimum atomic E-state index is -0.356. The van der Waals surface area contributed by atoms with E-state index in [1.165, 1.54) is 12.8 Å². The number of Topliss-reactive ketones (excluding diaryl/α,β-unsaturated/α-hetero) is 1. The SMILES string of the molecule is CCCCC(=O)CC(=O)OCC(CC)CCCC. The summed E-state index contributed by atoms with van der Waals surface area (Å²) >= 11 is 0. The first-order valence-electron chi connectivity index (χ1n) is 7.31. The van der Waals surface area contributed by atoms with Gasteiger partial charge >= 0.3 is 5.97 Å². The van der Waals surface area contributed by atoms with Crippen molar-refractivity contribution in [3.63, 3.8) is 0 Å². The van der Waals surface area contributed by atoms with Gasteiger partial charge in [0.1, 0.15) is 12.2 Å². The highest BCUT2D eigenvalue weighted by Gasteiger charge is 2.13. The Hall–Kier alpha value is -0.860. The maximum absolute atomic E-state index is 11.5. The molecule has 0 aromatic carbocycles. The Labute approximate surface area is 111 Å². The molecule has 1 unspecified atom stereocenters. The van der Waals surface area contributed by atoms with Crippen molar-refractivity contribution in [1.29, 1.82) is 0 Å². The highest BCUT2D eigenvalue weighted by atomic mass is 16.5. The normalized spacial score (nSPS) is 12.2. The highest BCUT2D eigenvalue weighted by Crippen LogP contribution is 2.13. The number of ether oxygens (including phenoxy) is 1. The number of rotatable bonds is 11. The first kappa shape index (κ1) is 17.1. The second-order valence-electron chi connectivity index (χ2n) is 4.92. The van der Waals surface area contributed by atoms with E-state index in [1.54, 1.807) is 0 Å². The molecule has 106 valence electrons. The Bertz CT molecular complexity index is 236. The molecule has 0 aliphatic carbocycles. The van der Waals surface area contributed by atoms with Crippen LogP contribution in [0.15, 0.2) is 0 Å². The molecule has 18 heavy (non-hydrogen) atoms. The Kier molecular flexibility index (Phi) is 10.7. The molecule has 0 radical (unpaired) electrons. The van der Waals surface area contributed by atoms with Gasteiger partial charge in [-0.3, -0.25) is 9.59 Å². The molecule has 0 aliphatic heterocycles. The van der Waals surface area contributed by atoms with Crippen LogP contribution >= 0.6 is 0 Å². The predicted molar refractivity (Wildman–Crippen MR) is 73.4 cm³/mol. The third-order valence-corrected chi connectivity index (χ3v) is 3.17. The number of esters is 1. The van der Waals surface area contributed by atoms with Gasteiger partial charge in [-0.05, 0) is 18.8 Å². The molecule has 0 saturated carbocycles. The van der Waals surface area contributed by atoms with Gasteiger partial charge in [0.15, 0.2) is 0 Å². The van der Waals surface area contributed by atoms with E-state index in [0.717, 1.165) is 25.7 Å². The molecule has 0 saturated heterocycles. The monoisotopic (exact) mass is 256 g/mol. The van der Waals surface area contributed by atoms with E-state index in [1.807, 2.05) is 6.92 Å². The molecule has 0 bridgehead atoms. The zero-order chi connectivity index (χ0) is 13.8. The Morgan fingerprint density at radius 3 is 2.28 bits per heavy atom. The topological polar surface area (TPSA) is 43.4 Å². The number of unbranched alkanes of at least 4 members (excludes halogenated alkanes) is 2. The first-order valence-corrected chi connectivity index (χ1v) is 7.31. The minimum absolute atomic E-state index is 0.00320. The van der Waals surface area contributed by atoms with E-state index < -0.39 is 0 Å². The van der Waals surface area contributed by atoms with Crippen molar-refractivity contribution < 1.29 is 14.3 Å². The van der Waals surface area contributed by atoms with Crippen LogP contribution in [-0.2, 0) is 14.3 Å². The summed E-state index contributed by atoms with van der Waals surface area (Å²) in [7, 11) is 0. The van der Waals surface area contributed by atoms with Crippen LogP contribution < -0.4 is 0 Å². The molecule has 0 N–H and O–H groups in total. The molecule has 0 heterocycles. The van der Waals surface area contributed by atoms with Gasteiger partial charge in [0, 0.05) is 6.42 Å². The largest absolute Gasteiger partial charge is 0.465 e. The van der Waals surface area contributed by atoms with Crippen molar-refractivity contribution in [3.8, 4) is 0 Å². The van der Waals surface area contributed by atoms with Crippen LogP contribution in [0.3, 0.4) is 0 Å². The summed E-state index contributed by atoms with van der Waals surface area (Å²) in [5.41, 5.74) is 0. The zero-order valence-corrected chi connectivity index (χ0v) is 12.2. The van der Waals surface area contributed by atoms with Crippen LogP contribution in [0.5, 0.6) is 0 Å². The van der Waals surface area contributed by atoms with Crippen molar-refractivity contribution in [2.24, 2.45) is 5.92 Å². The van der Waals surface area contributed by atoms with Crippen molar-refractivity contribution in [3.05, 3.63) is 0 Å². The zero-order valence-electron chi connectivity index (χ0n) is 12.2. The summed E-state index contributed by atoms with van der Waals surface area (Å²) in [5, 5.41) is 0. The molecule has 1 atom stereocenters. The Morgan fingerprint density at radius 1 is 1.06 bits per heavy atom. The summed E-state index contributed by atoms with van der Waals surface area (Å²) in [6, 6.07) is 0. The lowest BCUT2D eigenvalue weighted by atomic mass is 10.0. The van der Waals surface area contributed by atoms with Gasteiger partial charge in [0.05, 0.1) is 6.61 Å². The van der Waals surface area contributed by atoms with Crippen molar-refractivity contribution in [2.45, 2.75) is 72.1 Å². The molecular weight excluding hydrogens is 228 g/mol. The predicted octanol–water partition coefficient (Wildman–Crippen LogP) is 3.90. The van der Waals surface area contributed by atoms with Gasteiger partial charge in [-0.25, -0.2) is 0 Å². The number of ketones is 1. The summed E-state index contributed by atoms with van der Waals surface area (Å²) in [5.74, 6) is 0.0918. The van der Waals surface area contributed by atoms with Crippen LogP contribution in [-0.4, -0.2) is 18.4 Å². The molecule has 0 aromatic rings. The summed E-state index contributed by atoms with van der Waals surface area (Å²) < 4.78 is 5.18. The molecule has 0 aromatic heterocycles. The van der Waals surface area contributed by atoms with Crippen LogP contribution in [0, 0.1) is 5.92 Å². The maximum atomic E-state index is 11.5. The summed E-state index contributed by atoms with van der Waals surface area (Å²) in [6.45, 7) is 6.77. The number of hydrogen-bond donors (Lipinski definition) is 0. The van der Waals surface area contributed by atoms with Gasteiger partial charge in [-0.2, -0.15) is 0 Å². The van der Waals surface area contributed by atoms with Gasteiger partial charge in [-0.1, -0.05) is 46.5 Å². The standard InChI is InChI=1S/C15H28O3/c1-4-7-9-13(6-3)12-18-15(17)11-14(16)10-8-5-2/h13H,4-12H2,1-3H3. The second-order valence-corrected chi connectivity index (χ2v) is 4.92. The molecule has 0 fully saturated rings. The van der Waals surface area contributed by atoms with E-state index in [2.05, 4.69) is 13.8 Å². The number of carbonyl (C=O) groups excluding carboxylic acids is 2. The smallest absolute Gasteiger partial charge is 0.313 e. The molecule has 0 amide bonds. The van der Waals surface area contributed by atoms with Gasteiger partial charge in [0.2, 0.25) is 0 Å². The maximum Gasteiger partial charge on any atom is 0.313 e. The molecule has 0 rings (SSSR count). The third kappa shape index (κ3) is 9.20. The minimum Gasteiger partial charge on any atom is -0.465 e. The van der Waals surface area contributed by atoms with Crippen molar-refractivity contribution in [1.82, 2.24) is 0 Å². The molecular formula is C15H28O3. The van der Waals surface area contributed by atoms with E-state index in [9.17, 15) is 9.59 Å². The Morgan fingerprint density at radius 2 is 1.72 bits per heavy atom. The van der Waals surface area contributed by atoms with E-state index in [0.29, 0.717) is 18.9 Å². The first-order chi connectivity index (χ1) is 8.63. The second kappa shape index (κ2) is 11.2. The highest BCUT2D eigenvalue weighted by molar-refractivity contribution is 5.95. The fourth-order valence-corrected chi connectivity index (χ4v) is 1.78. The summed E-state index contributed by atoms with van der Waals surface area (Å²) in [4.78, 5) is 22.9. The molecule has 3 nitrogen and oxygen atoms in total. The molecule has 0 aliphatic rings. The average Bonchev–Trinajstić information content (AvgIpc) is 2.36. The summed E-state index contributed by atoms with van der Waals surface area (Å²) in [6.07, 6.45) is 6.76. The fraction of sp³-hybridized carbons (Fsp3) is 0.867. The number of carbonyl (C=O) groups is 2. The van der Waals surface area contributed by atoms with E-state index in [-0.39, 0.29) is 18.2 Å². The van der Waals surface area contributed by atoms with Crippen LogP contribution in [0.2, 0.25) is 0 Å². The van der Waals surface area contributed by atoms with Crippen LogP contribution in [0.4, 0.5) is 0 Å². The third-order valence-electron chi connectivity index (χ3n) is 3.17. The van der Waals surface area contributed by atoms with Crippen molar-refractivity contribution in [2.75, 3.05) is 6.61 Å². The lowest BCUT2D eigenvalue weighted by molar-refractivity contribution is -0.147. The van der Waals surface area contributed by atoms with E-state index >= 15 is 0 Å². The van der Waals surface area contributed by atoms with E-state index in [4.69, 9.17) is 4.74 Å². The van der Waals surface area contributed by atoms with Crippen molar-refractivity contribution >= 4 is 11.8 Å². The van der Waals surface area contributed by atoms with Gasteiger partial charge < -0.3 is 4.74 Å². The van der Waals surface area contributed by atoms with Crippen LogP contribution in [0.1, 0.15) is 72.1 Å². The molecule has 3 heteroatoms.